The predicted molar refractivity (Wildman–Crippen MR) is 73.2 cm³/mol. The molecule has 0 aromatic carbocycles. The van der Waals surface area contributed by atoms with Crippen LogP contribution in [-0.2, 0) is 13.5 Å². The molecule has 98 valence electrons. The number of aromatic nitrogens is 2. The molecule has 0 aliphatic carbocycles. The Morgan fingerprint density at radius 1 is 1.24 bits per heavy atom. The van der Waals surface area contributed by atoms with E-state index in [4.69, 9.17) is 0 Å². The van der Waals surface area contributed by atoms with E-state index in [9.17, 15) is 0 Å². The van der Waals surface area contributed by atoms with Crippen molar-refractivity contribution in [3.8, 4) is 0 Å². The quantitative estimate of drug-likeness (QED) is 0.872. The van der Waals surface area contributed by atoms with Crippen LogP contribution in [0, 0.1) is 12.3 Å². The van der Waals surface area contributed by atoms with Crippen LogP contribution in [0.5, 0.6) is 0 Å². The Morgan fingerprint density at radius 2 is 1.82 bits per heavy atom. The summed E-state index contributed by atoms with van der Waals surface area (Å²) in [5.74, 6) is 0. The Balaban J connectivity index is 2.63. The lowest BCUT2D eigenvalue weighted by atomic mass is 9.86. The fourth-order valence-electron chi connectivity index (χ4n) is 1.89. The molecule has 0 amide bonds. The van der Waals surface area contributed by atoms with E-state index >= 15 is 0 Å². The Morgan fingerprint density at radius 3 is 2.24 bits per heavy atom. The van der Waals surface area contributed by atoms with Crippen molar-refractivity contribution in [3.05, 3.63) is 17.5 Å². The molecule has 0 saturated heterocycles. The minimum Gasteiger partial charge on any atom is -0.312 e. The van der Waals surface area contributed by atoms with Gasteiger partial charge in [-0.3, -0.25) is 4.68 Å². The van der Waals surface area contributed by atoms with Gasteiger partial charge in [-0.25, -0.2) is 0 Å². The highest BCUT2D eigenvalue weighted by atomic mass is 15.3. The molecule has 1 heterocycles. The van der Waals surface area contributed by atoms with Crippen LogP contribution in [0.15, 0.2) is 6.07 Å². The Bertz CT molecular complexity index is 369. The van der Waals surface area contributed by atoms with Gasteiger partial charge in [0.25, 0.3) is 0 Å². The Labute approximate surface area is 106 Å². The van der Waals surface area contributed by atoms with Crippen LogP contribution in [0.3, 0.4) is 0 Å². The minimum absolute atomic E-state index is 0.180. The summed E-state index contributed by atoms with van der Waals surface area (Å²) in [7, 11) is 2.02. The molecule has 0 unspecified atom stereocenters. The van der Waals surface area contributed by atoms with E-state index in [-0.39, 0.29) is 11.0 Å². The summed E-state index contributed by atoms with van der Waals surface area (Å²) < 4.78 is 1.99. The first-order valence-electron chi connectivity index (χ1n) is 6.34. The molecule has 0 saturated carbocycles. The van der Waals surface area contributed by atoms with Crippen molar-refractivity contribution in [2.24, 2.45) is 12.5 Å². The number of nitrogens with zero attached hydrogens (tertiary/aromatic N) is 2. The van der Waals surface area contributed by atoms with Crippen LogP contribution in [0.2, 0.25) is 0 Å². The van der Waals surface area contributed by atoms with Gasteiger partial charge in [-0.05, 0) is 45.6 Å². The second kappa shape index (κ2) is 4.81. The molecule has 0 radical (unpaired) electrons. The summed E-state index contributed by atoms with van der Waals surface area (Å²) in [6.07, 6.45) is 1.05. The van der Waals surface area contributed by atoms with Gasteiger partial charge in [0, 0.05) is 24.8 Å². The molecule has 0 fully saturated rings. The highest BCUT2D eigenvalue weighted by Crippen LogP contribution is 2.22. The summed E-state index contributed by atoms with van der Waals surface area (Å²) >= 11 is 0. The highest BCUT2D eigenvalue weighted by molar-refractivity contribution is 5.10. The molecule has 0 spiro atoms. The van der Waals surface area contributed by atoms with Crippen molar-refractivity contribution >= 4 is 0 Å². The van der Waals surface area contributed by atoms with Crippen LogP contribution in [0.1, 0.15) is 46.0 Å². The summed E-state index contributed by atoms with van der Waals surface area (Å²) in [6.45, 7) is 14.3. The molecular weight excluding hydrogens is 210 g/mol. The van der Waals surface area contributed by atoms with Gasteiger partial charge in [0.05, 0.1) is 5.69 Å². The zero-order chi connectivity index (χ0) is 13.3. The molecular formula is C14H27N3. The second-order valence-corrected chi connectivity index (χ2v) is 6.85. The van der Waals surface area contributed by atoms with Crippen LogP contribution < -0.4 is 5.32 Å². The lowest BCUT2D eigenvalue weighted by Gasteiger charge is -2.30. The molecule has 0 bridgehead atoms. The van der Waals surface area contributed by atoms with Gasteiger partial charge in [-0.2, -0.15) is 5.10 Å². The van der Waals surface area contributed by atoms with Crippen molar-refractivity contribution in [1.82, 2.24) is 15.1 Å². The topological polar surface area (TPSA) is 29.9 Å². The molecule has 0 atom stereocenters. The van der Waals surface area contributed by atoms with Crippen molar-refractivity contribution in [2.75, 3.05) is 6.54 Å². The molecule has 3 nitrogen and oxygen atoms in total. The Kier molecular flexibility index (Phi) is 4.03. The fraction of sp³-hybridized carbons (Fsp3) is 0.786. The first kappa shape index (κ1) is 14.2. The van der Waals surface area contributed by atoms with Gasteiger partial charge in [0.1, 0.15) is 0 Å². The standard InChI is InChI=1S/C14H27N3/c1-11-8-12(17(7)16-11)9-14(5,6)10-15-13(2,3)4/h8,15H,9-10H2,1-7H3. The molecule has 0 aliphatic heterocycles. The van der Waals surface area contributed by atoms with E-state index in [2.05, 4.69) is 51.1 Å². The normalized spacial score (nSPS) is 13.1. The number of hydrogen-bond acceptors (Lipinski definition) is 2. The van der Waals surface area contributed by atoms with E-state index in [1.54, 1.807) is 0 Å². The van der Waals surface area contributed by atoms with Crippen molar-refractivity contribution < 1.29 is 0 Å². The third-order valence-electron chi connectivity index (χ3n) is 2.86. The average Bonchev–Trinajstić information content (AvgIpc) is 2.40. The maximum Gasteiger partial charge on any atom is 0.0596 e. The molecule has 3 heteroatoms. The monoisotopic (exact) mass is 237 g/mol. The Hall–Kier alpha value is -0.830. The zero-order valence-electron chi connectivity index (χ0n) is 12.4. The lowest BCUT2D eigenvalue weighted by molar-refractivity contribution is 0.284. The van der Waals surface area contributed by atoms with Gasteiger partial charge < -0.3 is 5.32 Å². The largest absolute Gasteiger partial charge is 0.312 e. The van der Waals surface area contributed by atoms with Crippen LogP contribution >= 0.6 is 0 Å². The summed E-state index contributed by atoms with van der Waals surface area (Å²) in [4.78, 5) is 0. The third-order valence-corrected chi connectivity index (χ3v) is 2.86. The lowest BCUT2D eigenvalue weighted by Crippen LogP contribution is -2.42. The predicted octanol–water partition coefficient (Wildman–Crippen LogP) is 2.69. The van der Waals surface area contributed by atoms with Crippen molar-refractivity contribution in [2.45, 2.75) is 53.5 Å². The summed E-state index contributed by atoms with van der Waals surface area (Å²) in [6, 6.07) is 2.18. The summed E-state index contributed by atoms with van der Waals surface area (Å²) in [5.41, 5.74) is 2.83. The van der Waals surface area contributed by atoms with E-state index < -0.39 is 0 Å². The number of rotatable bonds is 4. The molecule has 0 aliphatic rings. The van der Waals surface area contributed by atoms with Crippen molar-refractivity contribution in [3.63, 3.8) is 0 Å². The fourth-order valence-corrected chi connectivity index (χ4v) is 1.89. The zero-order valence-corrected chi connectivity index (χ0v) is 12.4. The van der Waals surface area contributed by atoms with E-state index in [0.717, 1.165) is 18.7 Å². The molecule has 1 N–H and O–H groups in total. The van der Waals surface area contributed by atoms with Gasteiger partial charge in [0.2, 0.25) is 0 Å². The van der Waals surface area contributed by atoms with Crippen LogP contribution in [-0.4, -0.2) is 21.9 Å². The van der Waals surface area contributed by atoms with E-state index in [0.29, 0.717) is 0 Å². The van der Waals surface area contributed by atoms with Gasteiger partial charge in [-0.1, -0.05) is 13.8 Å². The van der Waals surface area contributed by atoms with Crippen LogP contribution in [0.25, 0.3) is 0 Å². The molecule has 17 heavy (non-hydrogen) atoms. The van der Waals surface area contributed by atoms with Gasteiger partial charge in [0.15, 0.2) is 0 Å². The maximum absolute atomic E-state index is 4.40. The number of aryl methyl sites for hydroxylation is 2. The first-order valence-corrected chi connectivity index (χ1v) is 6.34. The molecule has 1 rings (SSSR count). The third kappa shape index (κ3) is 4.90. The van der Waals surface area contributed by atoms with Gasteiger partial charge >= 0.3 is 0 Å². The van der Waals surface area contributed by atoms with Crippen molar-refractivity contribution in [1.29, 1.82) is 0 Å². The van der Waals surface area contributed by atoms with E-state index in [1.165, 1.54) is 5.69 Å². The van der Waals surface area contributed by atoms with Crippen LogP contribution in [0.4, 0.5) is 0 Å². The summed E-state index contributed by atoms with van der Waals surface area (Å²) in [5, 5.41) is 7.98. The highest BCUT2D eigenvalue weighted by Gasteiger charge is 2.22. The second-order valence-electron chi connectivity index (χ2n) is 6.85. The number of nitrogens with one attached hydrogen (secondary N) is 1. The average molecular weight is 237 g/mol. The molecule has 1 aromatic rings. The maximum atomic E-state index is 4.40. The minimum atomic E-state index is 0.180. The number of hydrogen-bond donors (Lipinski definition) is 1. The van der Waals surface area contributed by atoms with Gasteiger partial charge in [-0.15, -0.1) is 0 Å². The first-order chi connectivity index (χ1) is 7.59. The smallest absolute Gasteiger partial charge is 0.0596 e. The van der Waals surface area contributed by atoms with E-state index in [1.807, 2.05) is 18.7 Å². The SMILES string of the molecule is Cc1cc(CC(C)(C)CNC(C)(C)C)n(C)n1. The molecule has 1 aromatic heterocycles.